The number of ketones is 1. The number of carboxylic acids is 1. The number of carbonyl (C=O) groups is 8. The summed E-state index contributed by atoms with van der Waals surface area (Å²) in [7, 11) is -5.03. The number of rotatable bonds is 49. The van der Waals surface area contributed by atoms with Crippen molar-refractivity contribution in [2.75, 3.05) is 104 Å². The van der Waals surface area contributed by atoms with Gasteiger partial charge in [0.2, 0.25) is 0 Å². The number of halogens is 5. The zero-order chi connectivity index (χ0) is 100. The third-order valence-electron chi connectivity index (χ3n) is 20.6. The maximum Gasteiger partial charge on any atom is 0.337 e. The Balaban J connectivity index is 0.000000363. The van der Waals surface area contributed by atoms with Crippen molar-refractivity contribution in [3.63, 3.8) is 0 Å². The summed E-state index contributed by atoms with van der Waals surface area (Å²) < 4.78 is 115. The third-order valence-corrected chi connectivity index (χ3v) is 25.8. The van der Waals surface area contributed by atoms with E-state index in [1.807, 2.05) is 101 Å². The lowest BCUT2D eigenvalue weighted by Gasteiger charge is -2.25. The highest BCUT2D eigenvalue weighted by Crippen LogP contribution is 2.27. The number of hydrogen-bond donors (Lipinski definition) is 10. The number of Topliss-reactive ketones (excluding diaryl/α,β-unsaturated/α-hetero) is 1. The lowest BCUT2D eigenvalue weighted by Crippen LogP contribution is -2.48. The van der Waals surface area contributed by atoms with Crippen LogP contribution < -0.4 is 21.7 Å². The predicted octanol–water partition coefficient (Wildman–Crippen LogP) is 14.3. The molecule has 0 unspecified atom stereocenters. The first-order valence-corrected chi connectivity index (χ1v) is 50.5. The topological polar surface area (TPSA) is 417 Å². The van der Waals surface area contributed by atoms with Crippen LogP contribution in [0.3, 0.4) is 0 Å². The Morgan fingerprint density at radius 1 is 0.444 bits per heavy atom. The van der Waals surface area contributed by atoms with Gasteiger partial charge in [-0.1, -0.05) is 104 Å². The van der Waals surface area contributed by atoms with Crippen LogP contribution in [0, 0.1) is 26.8 Å². The molecule has 8 aromatic rings. The second-order valence-corrected chi connectivity index (χ2v) is 38.5. The number of thioether (sulfide) groups is 1. The smallest absolute Gasteiger partial charge is 0.337 e. The molecular formula is C100H132F4IN7O20S3. The number of nitrogens with one attached hydrogen (secondary N) is 3. The number of benzene rings is 8. The van der Waals surface area contributed by atoms with Gasteiger partial charge in [0.1, 0.15) is 23.3 Å². The SMILES string of the molecule is CCCN(CCC)C(=O)c1cc(C(=O)O)cc(S(=O)(=O)CCCO)c1.CCCN(CCC)C(=O)c1cc(I)cc(C(=O)OC)c1.CCCN(CCC)C(=O)c1cc(SCCCO)cc(C(=O)OC)c1.CCc1cccc(CNC[C@@H](O)[C@@H](N)Cc2cc(F)cc(F)c2)c1.CCc1cccc(CNC[C@@H](O)[C@H](Cc2cc(F)cc(F)c2)NC(=O)c2cc(C(C)=O)cc(S(=O)(=O)CCCO)c2)c1. The summed E-state index contributed by atoms with van der Waals surface area (Å²) in [6.07, 6.45) is 5.68. The average Bonchev–Trinajstić information content (AvgIpc) is 0.790. The van der Waals surface area contributed by atoms with E-state index < -0.39 is 96.8 Å². The number of carbonyl (C=O) groups excluding carboxylic acids is 7. The van der Waals surface area contributed by atoms with Crippen LogP contribution in [0.4, 0.5) is 17.6 Å². The van der Waals surface area contributed by atoms with Gasteiger partial charge in [-0.2, -0.15) is 0 Å². The molecule has 4 amide bonds. The van der Waals surface area contributed by atoms with Crippen molar-refractivity contribution in [3.8, 4) is 0 Å². The van der Waals surface area contributed by atoms with Gasteiger partial charge < -0.3 is 76.5 Å². The predicted molar refractivity (Wildman–Crippen MR) is 524 cm³/mol. The highest BCUT2D eigenvalue weighted by molar-refractivity contribution is 14.1. The molecule has 135 heavy (non-hydrogen) atoms. The minimum absolute atomic E-state index is 0.00880. The fraction of sp³-hybridized carbons (Fsp3) is 0.440. The van der Waals surface area contributed by atoms with E-state index >= 15 is 0 Å². The lowest BCUT2D eigenvalue weighted by atomic mass is 9.99. The van der Waals surface area contributed by atoms with Gasteiger partial charge >= 0.3 is 17.9 Å². The molecule has 35 heteroatoms. The van der Waals surface area contributed by atoms with E-state index in [1.165, 1.54) is 74.9 Å². The van der Waals surface area contributed by atoms with Crippen LogP contribution in [-0.2, 0) is 67.9 Å². The number of aliphatic hydroxyl groups is 5. The summed E-state index contributed by atoms with van der Waals surface area (Å²) in [5.74, 6) is -6.78. The number of aromatic carboxylic acids is 1. The van der Waals surface area contributed by atoms with E-state index in [0.717, 1.165) is 126 Å². The number of hydrogen-bond acceptors (Lipinski definition) is 23. The fourth-order valence-electron chi connectivity index (χ4n) is 13.8. The Labute approximate surface area is 809 Å². The number of amides is 4. The summed E-state index contributed by atoms with van der Waals surface area (Å²) in [5.41, 5.74) is 12.6. The summed E-state index contributed by atoms with van der Waals surface area (Å²) in [5, 5.41) is 66.2. The number of ether oxygens (including phenoxy) is 2. The van der Waals surface area contributed by atoms with Crippen molar-refractivity contribution < 1.29 is 113 Å². The van der Waals surface area contributed by atoms with E-state index in [2.05, 4.69) is 57.6 Å². The number of nitrogens with two attached hydrogens (primary N) is 1. The number of esters is 2. The molecule has 0 aliphatic carbocycles. The molecule has 0 spiro atoms. The molecule has 0 aliphatic rings. The summed E-state index contributed by atoms with van der Waals surface area (Å²) in [4.78, 5) is 104. The third kappa shape index (κ3) is 41.5. The van der Waals surface area contributed by atoms with Crippen LogP contribution >= 0.6 is 34.4 Å². The Kier molecular flexibility index (Phi) is 54.0. The molecule has 0 aromatic heterocycles. The minimum Gasteiger partial charge on any atom is -0.478 e. The van der Waals surface area contributed by atoms with Crippen molar-refractivity contribution in [1.82, 2.24) is 30.7 Å². The Morgan fingerprint density at radius 3 is 1.21 bits per heavy atom. The Hall–Kier alpha value is -9.90. The number of nitrogens with zero attached hydrogens (tertiary/aromatic N) is 3. The van der Waals surface area contributed by atoms with E-state index in [9.17, 15) is 88.1 Å². The van der Waals surface area contributed by atoms with Crippen LogP contribution in [0.1, 0.15) is 236 Å². The van der Waals surface area contributed by atoms with Crippen LogP contribution in [0.25, 0.3) is 0 Å². The zero-order valence-corrected chi connectivity index (χ0v) is 83.4. The van der Waals surface area contributed by atoms with Crippen molar-refractivity contribution in [2.45, 2.75) is 198 Å². The van der Waals surface area contributed by atoms with E-state index in [-0.39, 0.29) is 119 Å². The molecule has 0 fully saturated rings. The second kappa shape index (κ2) is 62.0. The van der Waals surface area contributed by atoms with Gasteiger partial charge in [0.05, 0.1) is 70.5 Å². The van der Waals surface area contributed by atoms with Gasteiger partial charge in [-0.3, -0.25) is 24.0 Å². The molecule has 4 atom stereocenters. The molecule has 0 bridgehead atoms. The largest absolute Gasteiger partial charge is 0.478 e. The molecule has 27 nitrogen and oxygen atoms in total. The van der Waals surface area contributed by atoms with Crippen LogP contribution in [0.2, 0.25) is 0 Å². The molecule has 0 radical (unpaired) electrons. The van der Waals surface area contributed by atoms with Gasteiger partial charge in [0.25, 0.3) is 23.6 Å². The van der Waals surface area contributed by atoms with Crippen molar-refractivity contribution in [1.29, 1.82) is 0 Å². The molecular weight excluding hydrogens is 1920 g/mol. The number of methoxy groups -OCH3 is 2. The van der Waals surface area contributed by atoms with Crippen molar-refractivity contribution in [2.24, 2.45) is 5.73 Å². The minimum atomic E-state index is -3.92. The van der Waals surface area contributed by atoms with Gasteiger partial charge in [-0.25, -0.2) is 48.8 Å². The van der Waals surface area contributed by atoms with E-state index in [0.29, 0.717) is 86.1 Å². The first-order chi connectivity index (χ1) is 64.2. The van der Waals surface area contributed by atoms with Gasteiger partial charge in [0, 0.05) is 145 Å². The Bertz CT molecular complexity index is 5330. The fourth-order valence-corrected chi connectivity index (χ4v) is 18.2. The molecule has 740 valence electrons. The lowest BCUT2D eigenvalue weighted by molar-refractivity contribution is 0.0591. The van der Waals surface area contributed by atoms with Gasteiger partial charge in [0.15, 0.2) is 25.5 Å². The number of aryl methyl sites for hydroxylation is 2. The highest BCUT2D eigenvalue weighted by atomic mass is 127. The van der Waals surface area contributed by atoms with Crippen LogP contribution in [0.15, 0.2) is 172 Å². The molecule has 8 rings (SSSR count). The molecule has 0 saturated heterocycles. The number of sulfone groups is 2. The average molecular weight is 2050 g/mol. The molecule has 11 N–H and O–H groups in total. The van der Waals surface area contributed by atoms with E-state index in [4.69, 9.17) is 30.5 Å². The Morgan fingerprint density at radius 2 is 0.800 bits per heavy atom. The molecule has 0 aliphatic heterocycles. The second-order valence-electron chi connectivity index (χ2n) is 31.9. The summed E-state index contributed by atoms with van der Waals surface area (Å²) in [6.45, 7) is 22.1. The summed E-state index contributed by atoms with van der Waals surface area (Å²) >= 11 is 3.62. The molecule has 8 aromatic carbocycles. The van der Waals surface area contributed by atoms with Crippen LogP contribution in [-0.4, -0.2) is 237 Å². The van der Waals surface area contributed by atoms with Gasteiger partial charge in [-0.05, 0) is 243 Å². The maximum absolute atomic E-state index is 13.9. The summed E-state index contributed by atoms with van der Waals surface area (Å²) in [6, 6.07) is 38.0. The maximum atomic E-state index is 13.9. The number of carboxylic acid groups (broad SMARTS) is 1. The van der Waals surface area contributed by atoms with Crippen molar-refractivity contribution >= 4 is 101 Å². The number of aliphatic hydroxyl groups excluding tert-OH is 5. The first-order valence-electron chi connectivity index (χ1n) is 45.1. The monoisotopic (exact) mass is 2050 g/mol. The zero-order valence-electron chi connectivity index (χ0n) is 78.8. The van der Waals surface area contributed by atoms with Crippen molar-refractivity contribution in [3.05, 3.63) is 262 Å². The first kappa shape index (κ1) is 117. The molecule has 0 saturated carbocycles. The standard InChI is InChI=1S/C31H36F2N2O6S.C19H24F2N2O.C18H27NO4S.C17H25NO6S.C15H20INO3/c1-3-21-6-4-7-22(10-21)18-34-19-30(38)29(13-23-11-26(32)17-27(33)12-23)35-31(39)25-14-24(20(2)37)15-28(16-25)42(40,41)9-5-8-36;1-2-13-4-3-5-14(6-13)11-23-12-19(24)18(22)9-15-7-16(20)10-17(21)8-15;1-4-7-19(8-5-2)17(21)14-11-15(18(22)23-3)13-16(12-14)24-10-6-9-20;1-3-6-18(7-4-2)16(20)13-10-14(17(21)22)12-15(11-13)25(23,24)9-5-8-19;1-4-6-17(7-5-2)14(18)11-8-12(15(19)20-3)10-13(16)9-11/h4,6-7,10-12,14-17,29-30,34,36,38H,3,5,8-9,13,18-19H2,1-2H3,(H,35,39);3-8,10,18-19,23-24H,2,9,11-12,22H2,1H3;11-13,20H,4-10H2,1-3H3;10-12,19H,3-9H2,1-2H3,(H,21,22);8-10H,4-7H2,1-3H3/t29-,30+;18-,19+;;;/m00.../s1. The normalized spacial score (nSPS) is 12.0. The van der Waals surface area contributed by atoms with E-state index in [1.54, 1.807) is 35.2 Å². The quantitative estimate of drug-likeness (QED) is 0.00423. The van der Waals surface area contributed by atoms with Crippen LogP contribution in [0.5, 0.6) is 0 Å². The molecule has 0 heterocycles. The highest BCUT2D eigenvalue weighted by Gasteiger charge is 2.29. The van der Waals surface area contributed by atoms with Gasteiger partial charge in [-0.15, -0.1) is 11.8 Å².